The second-order valence-corrected chi connectivity index (χ2v) is 2.61. The largest absolute Gasteiger partial charge is 1.00 e. The van der Waals surface area contributed by atoms with Gasteiger partial charge in [-0.25, -0.2) is 9.48 Å². The van der Waals surface area contributed by atoms with E-state index in [9.17, 15) is 0 Å². The van der Waals surface area contributed by atoms with E-state index >= 15 is 0 Å². The highest BCUT2D eigenvalue weighted by Gasteiger charge is 2.21. The Morgan fingerprint density at radius 2 is 1.83 bits per heavy atom. The van der Waals surface area contributed by atoms with Crippen LogP contribution in [0.15, 0.2) is 42.7 Å². The summed E-state index contributed by atoms with van der Waals surface area (Å²) in [6.07, 6.45) is 9.55. The van der Waals surface area contributed by atoms with Crippen LogP contribution in [0.1, 0.15) is 0 Å². The molecule has 0 N–H and O–H groups in total. The van der Waals surface area contributed by atoms with E-state index in [2.05, 4.69) is 18.2 Å². The van der Waals surface area contributed by atoms with Crippen molar-refractivity contribution in [1.82, 2.24) is 0 Å². The van der Waals surface area contributed by atoms with Crippen molar-refractivity contribution in [3.8, 4) is 0 Å². The molecule has 1 aliphatic rings. The normalized spacial score (nSPS) is 17.0. The van der Waals surface area contributed by atoms with Crippen LogP contribution in [0.2, 0.25) is 0 Å². The molecule has 66 valence electrons. The molecule has 0 saturated carbocycles. The van der Waals surface area contributed by atoms with E-state index in [4.69, 9.17) is 0 Å². The zero-order valence-corrected chi connectivity index (χ0v) is 8.57. The van der Waals surface area contributed by atoms with Crippen LogP contribution < -0.4 is 17.0 Å². The number of halogens is 1. The van der Waals surface area contributed by atoms with E-state index in [1.165, 1.54) is 0 Å². The van der Waals surface area contributed by atoms with Gasteiger partial charge >= 0.3 is 0 Å². The topological polar surface area (TPSA) is 12.4 Å². The number of nitrogens with zero attached hydrogens (tertiary/aromatic N) is 2. The molecule has 2 nitrogen and oxygen atoms in total. The van der Waals surface area contributed by atoms with Crippen molar-refractivity contribution in [2.75, 3.05) is 13.1 Å². The second kappa shape index (κ2) is 5.06. The lowest BCUT2D eigenvalue weighted by atomic mass is 10.4. The van der Waals surface area contributed by atoms with E-state index < -0.39 is 0 Å². The molecule has 0 unspecified atom stereocenters. The number of quaternary nitrogens is 1. The lowest BCUT2D eigenvalue weighted by Crippen LogP contribution is -3.00. The SMILES string of the molecule is C=CC[N+]1(CC=C)C=CN=C1.[Br-]. The predicted molar refractivity (Wildman–Crippen MR) is 48.0 cm³/mol. The third-order valence-electron chi connectivity index (χ3n) is 1.68. The van der Waals surface area contributed by atoms with Crippen LogP contribution in [0, 0.1) is 0 Å². The third kappa shape index (κ3) is 2.43. The smallest absolute Gasteiger partial charge is 0.195 e. The van der Waals surface area contributed by atoms with Crippen molar-refractivity contribution >= 4 is 6.34 Å². The van der Waals surface area contributed by atoms with Gasteiger partial charge in [-0.15, -0.1) is 0 Å². The molecular formula is C9H13BrN2. The highest BCUT2D eigenvalue weighted by molar-refractivity contribution is 5.51. The first-order valence-electron chi connectivity index (χ1n) is 3.63. The molecule has 1 heterocycles. The average molecular weight is 229 g/mol. The van der Waals surface area contributed by atoms with Gasteiger partial charge in [-0.2, -0.15) is 0 Å². The van der Waals surface area contributed by atoms with Gasteiger partial charge in [0.1, 0.15) is 19.3 Å². The fourth-order valence-electron chi connectivity index (χ4n) is 1.15. The van der Waals surface area contributed by atoms with Gasteiger partial charge in [0.15, 0.2) is 6.34 Å². The van der Waals surface area contributed by atoms with Crippen molar-refractivity contribution in [3.05, 3.63) is 37.7 Å². The quantitative estimate of drug-likeness (QED) is 0.419. The highest BCUT2D eigenvalue weighted by Crippen LogP contribution is 2.10. The minimum absolute atomic E-state index is 0. The van der Waals surface area contributed by atoms with Crippen LogP contribution in [0.25, 0.3) is 0 Å². The number of hydrogen-bond acceptors (Lipinski definition) is 1. The number of aliphatic imine (C=N–C) groups is 1. The van der Waals surface area contributed by atoms with E-state index in [0.717, 1.165) is 17.6 Å². The van der Waals surface area contributed by atoms with E-state index in [0.29, 0.717) is 0 Å². The van der Waals surface area contributed by atoms with Crippen molar-refractivity contribution < 1.29 is 21.5 Å². The minimum atomic E-state index is 0. The van der Waals surface area contributed by atoms with Crippen molar-refractivity contribution in [2.45, 2.75) is 0 Å². The first-order valence-corrected chi connectivity index (χ1v) is 3.63. The summed E-state index contributed by atoms with van der Waals surface area (Å²) < 4.78 is 0.729. The zero-order valence-electron chi connectivity index (χ0n) is 6.99. The van der Waals surface area contributed by atoms with E-state index in [1.807, 2.05) is 30.9 Å². The standard InChI is InChI=1S/C9H13N2.BrH/c1-3-6-11(7-4-2)8-5-10-9-11;/h3-5,8-9H,1-2,6-7H2;1H/q+1;/p-1. The summed E-state index contributed by atoms with van der Waals surface area (Å²) in [7, 11) is 0. The fraction of sp³-hybridized carbons (Fsp3) is 0.222. The molecule has 3 heteroatoms. The first kappa shape index (κ1) is 11.3. The van der Waals surface area contributed by atoms with Crippen LogP contribution in [0.3, 0.4) is 0 Å². The molecule has 0 spiro atoms. The van der Waals surface area contributed by atoms with Crippen LogP contribution in [0.5, 0.6) is 0 Å². The Balaban J connectivity index is 0.00000121. The van der Waals surface area contributed by atoms with Gasteiger partial charge in [-0.1, -0.05) is 13.2 Å². The molecule has 0 aromatic heterocycles. The molecule has 1 aliphatic heterocycles. The van der Waals surface area contributed by atoms with Gasteiger partial charge in [0, 0.05) is 0 Å². The van der Waals surface area contributed by atoms with Crippen molar-refractivity contribution in [1.29, 1.82) is 0 Å². The van der Waals surface area contributed by atoms with Crippen molar-refractivity contribution in [3.63, 3.8) is 0 Å². The molecule has 0 aromatic carbocycles. The molecular weight excluding hydrogens is 216 g/mol. The number of rotatable bonds is 4. The van der Waals surface area contributed by atoms with Gasteiger partial charge < -0.3 is 17.0 Å². The Kier molecular flexibility index (Phi) is 4.78. The molecule has 0 atom stereocenters. The van der Waals surface area contributed by atoms with Gasteiger partial charge in [0.2, 0.25) is 0 Å². The van der Waals surface area contributed by atoms with E-state index in [-0.39, 0.29) is 17.0 Å². The molecule has 12 heavy (non-hydrogen) atoms. The summed E-state index contributed by atoms with van der Waals surface area (Å²) in [5, 5.41) is 0. The monoisotopic (exact) mass is 228 g/mol. The molecule has 0 amide bonds. The van der Waals surface area contributed by atoms with Gasteiger partial charge in [-0.3, -0.25) is 0 Å². The van der Waals surface area contributed by atoms with E-state index in [1.54, 1.807) is 0 Å². The maximum atomic E-state index is 4.05. The summed E-state index contributed by atoms with van der Waals surface area (Å²) in [5.41, 5.74) is 0. The maximum absolute atomic E-state index is 4.05. The molecule has 0 fully saturated rings. The Hall–Kier alpha value is -0.670. The first-order chi connectivity index (χ1) is 5.33. The Labute approximate surface area is 84.0 Å². The average Bonchev–Trinajstić information content (AvgIpc) is 2.39. The van der Waals surface area contributed by atoms with Crippen LogP contribution in [-0.2, 0) is 0 Å². The van der Waals surface area contributed by atoms with Crippen LogP contribution in [-0.4, -0.2) is 23.9 Å². The third-order valence-corrected chi connectivity index (χ3v) is 1.68. The molecule has 0 aromatic rings. The summed E-state index contributed by atoms with van der Waals surface area (Å²) in [6.45, 7) is 9.17. The summed E-state index contributed by atoms with van der Waals surface area (Å²) in [4.78, 5) is 4.05. The molecule has 0 aliphatic carbocycles. The number of hydrogen-bond donors (Lipinski definition) is 0. The minimum Gasteiger partial charge on any atom is -1.00 e. The fourth-order valence-corrected chi connectivity index (χ4v) is 1.15. The zero-order chi connectivity index (χ0) is 8.16. The van der Waals surface area contributed by atoms with Gasteiger partial charge in [-0.05, 0) is 12.2 Å². The molecule has 0 bridgehead atoms. The predicted octanol–water partition coefficient (Wildman–Crippen LogP) is -1.31. The molecule has 1 rings (SSSR count). The Morgan fingerprint density at radius 3 is 2.17 bits per heavy atom. The maximum Gasteiger partial charge on any atom is 0.195 e. The van der Waals surface area contributed by atoms with Crippen LogP contribution in [0.4, 0.5) is 0 Å². The summed E-state index contributed by atoms with van der Waals surface area (Å²) >= 11 is 0. The highest BCUT2D eigenvalue weighted by atomic mass is 79.9. The van der Waals surface area contributed by atoms with Crippen LogP contribution >= 0.6 is 0 Å². The lowest BCUT2D eigenvalue weighted by molar-refractivity contribution is -0.765. The lowest BCUT2D eigenvalue weighted by Gasteiger charge is -2.23. The molecule has 0 saturated heterocycles. The Morgan fingerprint density at radius 1 is 1.25 bits per heavy atom. The Bertz CT molecular complexity index is 195. The molecule has 0 radical (unpaired) electrons. The summed E-state index contributed by atoms with van der Waals surface area (Å²) in [6, 6.07) is 0. The second-order valence-electron chi connectivity index (χ2n) is 2.61. The van der Waals surface area contributed by atoms with Crippen molar-refractivity contribution in [2.24, 2.45) is 4.99 Å². The summed E-state index contributed by atoms with van der Waals surface area (Å²) in [5.74, 6) is 0. The van der Waals surface area contributed by atoms with Gasteiger partial charge in [0.05, 0.1) is 6.20 Å². The van der Waals surface area contributed by atoms with Gasteiger partial charge in [0.25, 0.3) is 0 Å².